The number of aryl methyl sites for hydroxylation is 2. The summed E-state index contributed by atoms with van der Waals surface area (Å²) in [5.74, 6) is 0.841. The van der Waals surface area contributed by atoms with Gasteiger partial charge in [0.1, 0.15) is 5.82 Å². The first-order valence-corrected chi connectivity index (χ1v) is 4.69. The van der Waals surface area contributed by atoms with Crippen LogP contribution in [0.1, 0.15) is 11.3 Å². The number of nitrogens with two attached hydrogens (primary N) is 1. The molecule has 15 heavy (non-hydrogen) atoms. The first-order chi connectivity index (χ1) is 7.18. The Labute approximate surface area is 87.5 Å². The third-order valence-corrected chi connectivity index (χ3v) is 2.28. The monoisotopic (exact) mass is 206 g/mol. The second-order valence-corrected chi connectivity index (χ2v) is 3.43. The summed E-state index contributed by atoms with van der Waals surface area (Å²) < 4.78 is 1.74. The van der Waals surface area contributed by atoms with E-state index in [0.29, 0.717) is 12.2 Å². The van der Waals surface area contributed by atoms with Crippen molar-refractivity contribution >= 4 is 11.5 Å². The zero-order chi connectivity index (χ0) is 10.8. The highest BCUT2D eigenvalue weighted by atomic mass is 15.3. The predicted octanol–water partition coefficient (Wildman–Crippen LogP) is 0.646. The fraction of sp³-hybridized carbons (Fsp3) is 0.333. The van der Waals surface area contributed by atoms with Gasteiger partial charge in [0.25, 0.3) is 0 Å². The van der Waals surface area contributed by atoms with Crippen LogP contribution in [0.15, 0.2) is 12.4 Å². The average molecular weight is 206 g/mol. The molecule has 0 aliphatic heterocycles. The first kappa shape index (κ1) is 9.57. The van der Waals surface area contributed by atoms with E-state index < -0.39 is 0 Å². The van der Waals surface area contributed by atoms with Gasteiger partial charge in [-0.15, -0.1) is 0 Å². The van der Waals surface area contributed by atoms with Crippen molar-refractivity contribution in [2.24, 2.45) is 7.05 Å². The molecule has 0 fully saturated rings. The molecule has 0 radical (unpaired) electrons. The van der Waals surface area contributed by atoms with Gasteiger partial charge in [0.2, 0.25) is 0 Å². The van der Waals surface area contributed by atoms with Crippen LogP contribution in [0.3, 0.4) is 0 Å². The Morgan fingerprint density at radius 3 is 2.93 bits per heavy atom. The smallest absolute Gasteiger partial charge is 0.148 e. The van der Waals surface area contributed by atoms with Crippen LogP contribution in [0.4, 0.5) is 11.5 Å². The number of nitrogens with zero attached hydrogens (tertiary/aromatic N) is 3. The lowest BCUT2D eigenvalue weighted by Gasteiger charge is -2.05. The summed E-state index contributed by atoms with van der Waals surface area (Å²) in [4.78, 5) is 0. The van der Waals surface area contributed by atoms with Crippen LogP contribution < -0.4 is 11.1 Å². The standard InChI is InChI=1S/C9H14N6/c1-6-8(10)9(15(2)14-6)11-3-7-4-12-13-5-7/h4-5,11H,3,10H2,1-2H3,(H,12,13). The minimum absolute atomic E-state index is 0.680. The number of anilines is 2. The predicted molar refractivity (Wildman–Crippen MR) is 58.3 cm³/mol. The highest BCUT2D eigenvalue weighted by Crippen LogP contribution is 2.21. The van der Waals surface area contributed by atoms with Crippen molar-refractivity contribution in [3.8, 4) is 0 Å². The van der Waals surface area contributed by atoms with E-state index in [9.17, 15) is 0 Å². The first-order valence-electron chi connectivity index (χ1n) is 4.69. The van der Waals surface area contributed by atoms with Gasteiger partial charge in [0.05, 0.1) is 17.6 Å². The highest BCUT2D eigenvalue weighted by molar-refractivity contribution is 5.64. The number of hydrogen-bond donors (Lipinski definition) is 3. The summed E-state index contributed by atoms with van der Waals surface area (Å²) in [6.07, 6.45) is 3.61. The number of H-pyrrole nitrogens is 1. The largest absolute Gasteiger partial charge is 0.394 e. The maximum Gasteiger partial charge on any atom is 0.148 e. The van der Waals surface area contributed by atoms with Crippen LogP contribution in [-0.2, 0) is 13.6 Å². The lowest BCUT2D eigenvalue weighted by molar-refractivity contribution is 0.758. The van der Waals surface area contributed by atoms with Crippen LogP contribution >= 0.6 is 0 Å². The van der Waals surface area contributed by atoms with E-state index in [4.69, 9.17) is 5.73 Å². The number of nitrogens with one attached hydrogen (secondary N) is 2. The zero-order valence-corrected chi connectivity index (χ0v) is 8.78. The fourth-order valence-electron chi connectivity index (χ4n) is 1.44. The van der Waals surface area contributed by atoms with Crippen LogP contribution in [0, 0.1) is 6.92 Å². The second-order valence-electron chi connectivity index (χ2n) is 3.43. The van der Waals surface area contributed by atoms with Gasteiger partial charge in [-0.05, 0) is 6.92 Å². The van der Waals surface area contributed by atoms with E-state index in [-0.39, 0.29) is 0 Å². The topological polar surface area (TPSA) is 84.5 Å². The van der Waals surface area contributed by atoms with Gasteiger partial charge in [0.15, 0.2) is 0 Å². The molecule has 0 bridgehead atoms. The third-order valence-electron chi connectivity index (χ3n) is 2.28. The van der Waals surface area contributed by atoms with E-state index >= 15 is 0 Å². The minimum Gasteiger partial charge on any atom is -0.394 e. The molecule has 2 aromatic rings. The Hall–Kier alpha value is -1.98. The molecule has 0 unspecified atom stereocenters. The molecule has 4 N–H and O–H groups in total. The SMILES string of the molecule is Cc1nn(C)c(NCc2cn[nH]c2)c1N. The average Bonchev–Trinajstić information content (AvgIpc) is 2.76. The zero-order valence-electron chi connectivity index (χ0n) is 8.78. The van der Waals surface area contributed by atoms with Gasteiger partial charge in [-0.1, -0.05) is 0 Å². The molecular weight excluding hydrogens is 192 g/mol. The molecule has 0 spiro atoms. The third kappa shape index (κ3) is 1.78. The molecule has 2 heterocycles. The van der Waals surface area contributed by atoms with E-state index in [1.54, 1.807) is 10.9 Å². The molecule has 0 aromatic carbocycles. The quantitative estimate of drug-likeness (QED) is 0.688. The van der Waals surface area contributed by atoms with E-state index in [1.807, 2.05) is 20.2 Å². The van der Waals surface area contributed by atoms with Gasteiger partial charge in [-0.2, -0.15) is 10.2 Å². The van der Waals surface area contributed by atoms with Crippen LogP contribution in [0.5, 0.6) is 0 Å². The van der Waals surface area contributed by atoms with Crippen molar-refractivity contribution in [1.82, 2.24) is 20.0 Å². The van der Waals surface area contributed by atoms with Gasteiger partial charge in [-0.3, -0.25) is 9.78 Å². The Balaban J connectivity index is 2.11. The Morgan fingerprint density at radius 1 is 1.60 bits per heavy atom. The van der Waals surface area contributed by atoms with E-state index in [0.717, 1.165) is 17.1 Å². The molecule has 2 rings (SSSR count). The van der Waals surface area contributed by atoms with Crippen molar-refractivity contribution < 1.29 is 0 Å². The van der Waals surface area contributed by atoms with Crippen LogP contribution in [0.25, 0.3) is 0 Å². The Kier molecular flexibility index (Phi) is 2.32. The van der Waals surface area contributed by atoms with Crippen LogP contribution in [0.2, 0.25) is 0 Å². The lowest BCUT2D eigenvalue weighted by Crippen LogP contribution is -2.05. The van der Waals surface area contributed by atoms with Crippen molar-refractivity contribution in [3.05, 3.63) is 23.7 Å². The van der Waals surface area contributed by atoms with Crippen molar-refractivity contribution in [2.75, 3.05) is 11.1 Å². The molecule has 0 saturated carbocycles. The summed E-state index contributed by atoms with van der Waals surface area (Å²) in [7, 11) is 1.86. The number of nitrogen functional groups attached to an aromatic ring is 1. The number of aromatic nitrogens is 4. The molecule has 6 nitrogen and oxygen atoms in total. The van der Waals surface area contributed by atoms with Crippen molar-refractivity contribution in [2.45, 2.75) is 13.5 Å². The highest BCUT2D eigenvalue weighted by Gasteiger charge is 2.08. The summed E-state index contributed by atoms with van der Waals surface area (Å²) in [5.41, 5.74) is 8.49. The summed E-state index contributed by atoms with van der Waals surface area (Å²) >= 11 is 0. The molecule has 0 aliphatic rings. The van der Waals surface area contributed by atoms with Gasteiger partial charge < -0.3 is 11.1 Å². The summed E-state index contributed by atoms with van der Waals surface area (Å²) in [6, 6.07) is 0. The van der Waals surface area contributed by atoms with Crippen molar-refractivity contribution in [1.29, 1.82) is 0 Å². The summed E-state index contributed by atoms with van der Waals surface area (Å²) in [6.45, 7) is 2.57. The Bertz CT molecular complexity index is 441. The van der Waals surface area contributed by atoms with Crippen LogP contribution in [-0.4, -0.2) is 20.0 Å². The van der Waals surface area contributed by atoms with Gasteiger partial charge in [0, 0.05) is 25.4 Å². The van der Waals surface area contributed by atoms with Gasteiger partial charge in [-0.25, -0.2) is 0 Å². The molecule has 0 atom stereocenters. The second kappa shape index (κ2) is 3.64. The fourth-order valence-corrected chi connectivity index (χ4v) is 1.44. The molecule has 0 amide bonds. The van der Waals surface area contributed by atoms with Gasteiger partial charge >= 0.3 is 0 Å². The number of aromatic amines is 1. The number of hydrogen-bond acceptors (Lipinski definition) is 4. The lowest BCUT2D eigenvalue weighted by atomic mass is 10.3. The van der Waals surface area contributed by atoms with E-state index in [2.05, 4.69) is 20.6 Å². The van der Waals surface area contributed by atoms with Crippen molar-refractivity contribution in [3.63, 3.8) is 0 Å². The minimum atomic E-state index is 0.680. The molecular formula is C9H14N6. The molecule has 0 saturated heterocycles. The van der Waals surface area contributed by atoms with E-state index in [1.165, 1.54) is 0 Å². The Morgan fingerprint density at radius 2 is 2.40 bits per heavy atom. The molecule has 6 heteroatoms. The molecule has 80 valence electrons. The maximum absolute atomic E-state index is 5.87. The number of rotatable bonds is 3. The normalized spacial score (nSPS) is 10.5. The maximum atomic E-state index is 5.87. The summed E-state index contributed by atoms with van der Waals surface area (Å²) in [5, 5.41) is 14.1. The molecule has 0 aliphatic carbocycles. The molecule has 2 aromatic heterocycles.